The average Bonchev–Trinajstić information content (AvgIpc) is 2.51. The maximum absolute atomic E-state index is 9.39. The lowest BCUT2D eigenvalue weighted by Crippen LogP contribution is -1.94. The molecule has 0 radical (unpaired) electrons. The molecular formula is C16H11BrClNO2. The Bertz CT molecular complexity index is 807. The Labute approximate surface area is 135 Å². The minimum Gasteiger partial charge on any atom is -0.437 e. The molecule has 1 heterocycles. The van der Waals surface area contributed by atoms with Gasteiger partial charge in [-0.3, -0.25) is 0 Å². The fourth-order valence-corrected chi connectivity index (χ4v) is 2.59. The Kier molecular flexibility index (Phi) is 4.10. The van der Waals surface area contributed by atoms with Gasteiger partial charge in [0.05, 0.1) is 11.6 Å². The zero-order valence-electron chi connectivity index (χ0n) is 10.9. The number of pyridine rings is 1. The van der Waals surface area contributed by atoms with E-state index in [2.05, 4.69) is 20.9 Å². The molecule has 0 bridgehead atoms. The number of aromatic nitrogens is 1. The quantitative estimate of drug-likeness (QED) is 0.716. The first-order valence-corrected chi connectivity index (χ1v) is 7.46. The van der Waals surface area contributed by atoms with E-state index in [-0.39, 0.29) is 6.61 Å². The lowest BCUT2D eigenvalue weighted by atomic mass is 10.1. The second kappa shape index (κ2) is 6.02. The maximum atomic E-state index is 9.39. The molecular weight excluding hydrogens is 354 g/mol. The number of hydrogen-bond donors (Lipinski definition) is 1. The molecule has 0 aliphatic carbocycles. The summed E-state index contributed by atoms with van der Waals surface area (Å²) in [6.45, 7) is -0.0641. The fraction of sp³-hybridized carbons (Fsp3) is 0.0625. The van der Waals surface area contributed by atoms with E-state index in [0.29, 0.717) is 16.7 Å². The van der Waals surface area contributed by atoms with Crippen LogP contribution >= 0.6 is 27.5 Å². The van der Waals surface area contributed by atoms with Gasteiger partial charge < -0.3 is 9.84 Å². The van der Waals surface area contributed by atoms with Gasteiger partial charge in [-0.1, -0.05) is 45.7 Å². The Morgan fingerprint density at radius 3 is 2.67 bits per heavy atom. The second-order valence-corrected chi connectivity index (χ2v) is 5.79. The summed E-state index contributed by atoms with van der Waals surface area (Å²) in [6.07, 6.45) is 1.61. The minimum absolute atomic E-state index is 0.0641. The number of ether oxygens (including phenoxy) is 1. The topological polar surface area (TPSA) is 42.4 Å². The van der Waals surface area contributed by atoms with Gasteiger partial charge in [-0.15, -0.1) is 0 Å². The van der Waals surface area contributed by atoms with Crippen LogP contribution in [0.5, 0.6) is 11.6 Å². The predicted molar refractivity (Wildman–Crippen MR) is 86.9 cm³/mol. The van der Waals surface area contributed by atoms with Crippen LogP contribution in [0, 0.1) is 0 Å². The van der Waals surface area contributed by atoms with Crippen LogP contribution in [0.15, 0.2) is 53.1 Å². The van der Waals surface area contributed by atoms with E-state index in [1.165, 1.54) is 0 Å². The fourth-order valence-electron chi connectivity index (χ4n) is 2.09. The highest BCUT2D eigenvalue weighted by atomic mass is 79.9. The molecule has 0 spiro atoms. The normalized spacial score (nSPS) is 10.8. The van der Waals surface area contributed by atoms with Crippen molar-refractivity contribution >= 4 is 38.3 Å². The highest BCUT2D eigenvalue weighted by molar-refractivity contribution is 9.10. The summed E-state index contributed by atoms with van der Waals surface area (Å²) in [5, 5.41) is 11.6. The standard InChI is InChI=1S/C16H11BrClNO2/c17-11-5-6-14(18)15(7-11)21-16-13-4-2-1-3-12(13)10(9-20)8-19-16/h1-8,20H,9H2. The average molecular weight is 365 g/mol. The van der Waals surface area contributed by atoms with Gasteiger partial charge in [0.1, 0.15) is 5.75 Å². The number of fused-ring (bicyclic) bond motifs is 1. The summed E-state index contributed by atoms with van der Waals surface area (Å²) in [5.74, 6) is 0.989. The largest absolute Gasteiger partial charge is 0.437 e. The van der Waals surface area contributed by atoms with E-state index >= 15 is 0 Å². The molecule has 5 heteroatoms. The van der Waals surface area contributed by atoms with E-state index in [9.17, 15) is 5.11 Å². The van der Waals surface area contributed by atoms with Gasteiger partial charge in [-0.05, 0) is 29.7 Å². The molecule has 1 aromatic heterocycles. The van der Waals surface area contributed by atoms with E-state index in [1.807, 2.05) is 30.3 Å². The van der Waals surface area contributed by atoms with Crippen LogP contribution in [-0.2, 0) is 6.61 Å². The van der Waals surface area contributed by atoms with Gasteiger partial charge in [0.25, 0.3) is 0 Å². The summed E-state index contributed by atoms with van der Waals surface area (Å²) < 4.78 is 6.72. The lowest BCUT2D eigenvalue weighted by molar-refractivity contribution is 0.283. The van der Waals surface area contributed by atoms with Crippen LogP contribution in [0.4, 0.5) is 0 Å². The van der Waals surface area contributed by atoms with Crippen LogP contribution in [-0.4, -0.2) is 10.1 Å². The van der Waals surface area contributed by atoms with Gasteiger partial charge in [0, 0.05) is 21.6 Å². The minimum atomic E-state index is -0.0641. The predicted octanol–water partition coefficient (Wildman–Crippen LogP) is 4.94. The zero-order chi connectivity index (χ0) is 14.8. The number of benzene rings is 2. The lowest BCUT2D eigenvalue weighted by Gasteiger charge is -2.11. The zero-order valence-corrected chi connectivity index (χ0v) is 13.2. The molecule has 0 amide bonds. The van der Waals surface area contributed by atoms with Gasteiger partial charge >= 0.3 is 0 Å². The first-order valence-electron chi connectivity index (χ1n) is 6.29. The number of halogens is 2. The van der Waals surface area contributed by atoms with Crippen molar-refractivity contribution in [3.63, 3.8) is 0 Å². The molecule has 2 aromatic carbocycles. The Morgan fingerprint density at radius 1 is 1.14 bits per heavy atom. The van der Waals surface area contributed by atoms with Crippen molar-refractivity contribution in [3.8, 4) is 11.6 Å². The Morgan fingerprint density at radius 2 is 1.90 bits per heavy atom. The van der Waals surface area contributed by atoms with E-state index in [1.54, 1.807) is 18.3 Å². The molecule has 21 heavy (non-hydrogen) atoms. The van der Waals surface area contributed by atoms with Gasteiger partial charge in [-0.2, -0.15) is 0 Å². The highest BCUT2D eigenvalue weighted by Gasteiger charge is 2.10. The molecule has 0 saturated carbocycles. The summed E-state index contributed by atoms with van der Waals surface area (Å²) in [5.41, 5.74) is 0.762. The summed E-state index contributed by atoms with van der Waals surface area (Å²) >= 11 is 9.53. The maximum Gasteiger partial charge on any atom is 0.227 e. The summed E-state index contributed by atoms with van der Waals surface area (Å²) in [6, 6.07) is 13.0. The number of aliphatic hydroxyl groups excluding tert-OH is 1. The van der Waals surface area contributed by atoms with Crippen LogP contribution in [0.3, 0.4) is 0 Å². The Balaban J connectivity index is 2.11. The van der Waals surface area contributed by atoms with Crippen molar-refractivity contribution in [1.82, 2.24) is 4.98 Å². The van der Waals surface area contributed by atoms with Crippen LogP contribution in [0.2, 0.25) is 5.02 Å². The van der Waals surface area contributed by atoms with Crippen LogP contribution < -0.4 is 4.74 Å². The van der Waals surface area contributed by atoms with Gasteiger partial charge in [0.2, 0.25) is 5.88 Å². The van der Waals surface area contributed by atoms with E-state index in [0.717, 1.165) is 20.8 Å². The molecule has 1 N–H and O–H groups in total. The molecule has 3 rings (SSSR count). The number of aliphatic hydroxyl groups is 1. The smallest absolute Gasteiger partial charge is 0.227 e. The van der Waals surface area contributed by atoms with Crippen molar-refractivity contribution in [2.24, 2.45) is 0 Å². The Hall–Kier alpha value is -1.62. The van der Waals surface area contributed by atoms with E-state index in [4.69, 9.17) is 16.3 Å². The van der Waals surface area contributed by atoms with Crippen LogP contribution in [0.1, 0.15) is 5.56 Å². The van der Waals surface area contributed by atoms with E-state index < -0.39 is 0 Å². The molecule has 0 unspecified atom stereocenters. The van der Waals surface area contributed by atoms with Crippen molar-refractivity contribution in [2.45, 2.75) is 6.61 Å². The molecule has 0 aliphatic heterocycles. The van der Waals surface area contributed by atoms with Crippen molar-refractivity contribution in [3.05, 3.63) is 63.7 Å². The second-order valence-electron chi connectivity index (χ2n) is 4.47. The summed E-state index contributed by atoms with van der Waals surface area (Å²) in [7, 11) is 0. The molecule has 106 valence electrons. The molecule has 0 aliphatic rings. The third kappa shape index (κ3) is 2.88. The van der Waals surface area contributed by atoms with Crippen molar-refractivity contribution in [1.29, 1.82) is 0 Å². The number of nitrogens with zero attached hydrogens (tertiary/aromatic N) is 1. The first-order chi connectivity index (χ1) is 10.2. The highest BCUT2D eigenvalue weighted by Crippen LogP contribution is 2.34. The first kappa shape index (κ1) is 14.3. The monoisotopic (exact) mass is 363 g/mol. The third-order valence-corrected chi connectivity index (χ3v) is 3.92. The molecule has 3 aromatic rings. The molecule has 0 saturated heterocycles. The van der Waals surface area contributed by atoms with Crippen molar-refractivity contribution < 1.29 is 9.84 Å². The molecule has 3 nitrogen and oxygen atoms in total. The van der Waals surface area contributed by atoms with Crippen molar-refractivity contribution in [2.75, 3.05) is 0 Å². The molecule has 0 atom stereocenters. The van der Waals surface area contributed by atoms with Crippen LogP contribution in [0.25, 0.3) is 10.8 Å². The number of hydrogen-bond acceptors (Lipinski definition) is 3. The van der Waals surface area contributed by atoms with Gasteiger partial charge in [0.15, 0.2) is 0 Å². The third-order valence-electron chi connectivity index (χ3n) is 3.11. The SMILES string of the molecule is OCc1cnc(Oc2cc(Br)ccc2Cl)c2ccccc12. The summed E-state index contributed by atoms with van der Waals surface area (Å²) in [4.78, 5) is 4.29. The molecule has 0 fully saturated rings. The van der Waals surface area contributed by atoms with Gasteiger partial charge in [-0.25, -0.2) is 4.98 Å². The number of rotatable bonds is 3.